The quantitative estimate of drug-likeness (QED) is 0.914. The topological polar surface area (TPSA) is 48.1 Å². The third-order valence-corrected chi connectivity index (χ3v) is 6.81. The molecule has 2 aliphatic carbocycles. The van der Waals surface area contributed by atoms with E-state index in [1.807, 2.05) is 20.0 Å². The van der Waals surface area contributed by atoms with Crippen molar-refractivity contribution in [3.63, 3.8) is 0 Å². The minimum Gasteiger partial charge on any atom is -0.398 e. The molecule has 21 heavy (non-hydrogen) atoms. The van der Waals surface area contributed by atoms with E-state index >= 15 is 0 Å². The smallest absolute Gasteiger partial charge is 0.0895 e. The third-order valence-electron chi connectivity index (χ3n) is 6.81. The lowest BCUT2D eigenvalue weighted by molar-refractivity contribution is -0.0561. The average Bonchev–Trinajstić information content (AvgIpc) is 2.77. The van der Waals surface area contributed by atoms with Gasteiger partial charge in [-0.15, -0.1) is 0 Å². The van der Waals surface area contributed by atoms with Crippen LogP contribution in [0.1, 0.15) is 56.9 Å². The summed E-state index contributed by atoms with van der Waals surface area (Å²) in [5.74, 6) is 0.810. The molecule has 2 aliphatic rings. The summed E-state index contributed by atoms with van der Waals surface area (Å²) in [6, 6.07) is 0. The molecule has 0 saturated heterocycles. The Morgan fingerprint density at radius 2 is 2.05 bits per heavy atom. The van der Waals surface area contributed by atoms with Gasteiger partial charge in [0, 0.05) is 11.9 Å². The first-order valence-electron chi connectivity index (χ1n) is 8.09. The summed E-state index contributed by atoms with van der Waals surface area (Å²) < 4.78 is 6.32. The van der Waals surface area contributed by atoms with Gasteiger partial charge in [-0.2, -0.15) is 0 Å². The van der Waals surface area contributed by atoms with Gasteiger partial charge < -0.3 is 10.5 Å². The minimum absolute atomic E-state index is 0.307. The third kappa shape index (κ3) is 2.01. The maximum absolute atomic E-state index is 6.32. The van der Waals surface area contributed by atoms with Crippen LogP contribution in [0.3, 0.4) is 0 Å². The van der Waals surface area contributed by atoms with E-state index in [9.17, 15) is 0 Å². The van der Waals surface area contributed by atoms with Gasteiger partial charge in [-0.05, 0) is 61.0 Å². The zero-order valence-corrected chi connectivity index (χ0v) is 14.0. The molecule has 0 spiro atoms. The molecular weight excluding hydrogens is 260 g/mol. The van der Waals surface area contributed by atoms with Crippen molar-refractivity contribution in [3.05, 3.63) is 23.0 Å². The largest absolute Gasteiger partial charge is 0.398 e. The fourth-order valence-corrected chi connectivity index (χ4v) is 4.50. The lowest BCUT2D eigenvalue weighted by atomic mass is 9.70. The molecule has 0 amide bonds. The van der Waals surface area contributed by atoms with Crippen LogP contribution in [0.4, 0.5) is 5.69 Å². The first kappa shape index (κ1) is 14.8. The first-order valence-corrected chi connectivity index (χ1v) is 8.09. The number of aryl methyl sites for hydroxylation is 1. The second-order valence-corrected chi connectivity index (χ2v) is 7.84. The van der Waals surface area contributed by atoms with Crippen LogP contribution in [0.2, 0.25) is 0 Å². The minimum atomic E-state index is 0.307. The predicted molar refractivity (Wildman–Crippen MR) is 85.9 cm³/mol. The average molecular weight is 288 g/mol. The summed E-state index contributed by atoms with van der Waals surface area (Å²) >= 11 is 0. The van der Waals surface area contributed by atoms with E-state index in [4.69, 9.17) is 10.5 Å². The van der Waals surface area contributed by atoms with Gasteiger partial charge in [0.15, 0.2) is 0 Å². The number of fused-ring (bicyclic) bond motifs is 2. The summed E-state index contributed by atoms with van der Waals surface area (Å²) in [5, 5.41) is 0. The van der Waals surface area contributed by atoms with E-state index in [1.54, 1.807) is 0 Å². The Labute approximate surface area is 128 Å². The fraction of sp³-hybridized carbons (Fsp3) is 0.722. The Bertz CT molecular complexity index is 567. The molecule has 2 N–H and O–H groups in total. The highest BCUT2D eigenvalue weighted by molar-refractivity contribution is 5.53. The molecule has 2 saturated carbocycles. The second-order valence-electron chi connectivity index (χ2n) is 7.84. The highest BCUT2D eigenvalue weighted by atomic mass is 16.5. The lowest BCUT2D eigenvalue weighted by Crippen LogP contribution is -2.37. The molecule has 0 radical (unpaired) electrons. The number of aromatic nitrogens is 1. The van der Waals surface area contributed by atoms with Crippen LogP contribution >= 0.6 is 0 Å². The maximum Gasteiger partial charge on any atom is 0.0895 e. The molecule has 3 atom stereocenters. The Morgan fingerprint density at radius 3 is 2.62 bits per heavy atom. The molecule has 3 nitrogen and oxygen atoms in total. The van der Waals surface area contributed by atoms with Crippen LogP contribution in [0.15, 0.2) is 6.20 Å². The number of nitrogens with zero attached hydrogens (tertiary/aromatic N) is 1. The van der Waals surface area contributed by atoms with Crippen molar-refractivity contribution in [2.45, 2.75) is 66.6 Å². The predicted octanol–water partition coefficient (Wildman–Crippen LogP) is 4.01. The van der Waals surface area contributed by atoms with Gasteiger partial charge in [0.1, 0.15) is 0 Å². The van der Waals surface area contributed by atoms with Crippen LogP contribution in [0.5, 0.6) is 0 Å². The highest BCUT2D eigenvalue weighted by Gasteiger charge is 2.61. The van der Waals surface area contributed by atoms with Gasteiger partial charge in [-0.25, -0.2) is 0 Å². The van der Waals surface area contributed by atoms with Crippen LogP contribution in [0.25, 0.3) is 0 Å². The van der Waals surface area contributed by atoms with E-state index in [-0.39, 0.29) is 0 Å². The summed E-state index contributed by atoms with van der Waals surface area (Å²) in [7, 11) is 0. The molecule has 116 valence electrons. The van der Waals surface area contributed by atoms with E-state index in [1.165, 1.54) is 19.3 Å². The van der Waals surface area contributed by atoms with E-state index in [0.717, 1.165) is 28.4 Å². The number of rotatable bonds is 3. The Morgan fingerprint density at radius 1 is 1.33 bits per heavy atom. The van der Waals surface area contributed by atoms with Crippen LogP contribution in [-0.2, 0) is 11.3 Å². The molecule has 0 aromatic carbocycles. The van der Waals surface area contributed by atoms with Gasteiger partial charge in [0.2, 0.25) is 0 Å². The van der Waals surface area contributed by atoms with Crippen molar-refractivity contribution < 1.29 is 4.74 Å². The van der Waals surface area contributed by atoms with Crippen molar-refractivity contribution in [3.8, 4) is 0 Å². The maximum atomic E-state index is 6.32. The molecule has 3 rings (SSSR count). The summed E-state index contributed by atoms with van der Waals surface area (Å²) in [4.78, 5) is 4.52. The highest BCUT2D eigenvalue weighted by Crippen LogP contribution is 2.66. The van der Waals surface area contributed by atoms with Crippen molar-refractivity contribution in [2.75, 3.05) is 5.73 Å². The molecule has 0 aliphatic heterocycles. The van der Waals surface area contributed by atoms with Crippen molar-refractivity contribution in [1.82, 2.24) is 4.98 Å². The van der Waals surface area contributed by atoms with Gasteiger partial charge in [-0.3, -0.25) is 4.98 Å². The molecule has 3 unspecified atom stereocenters. The molecule has 2 bridgehead atoms. The number of ether oxygens (including phenoxy) is 1. The number of pyridine rings is 1. The molecule has 1 heterocycles. The Hall–Kier alpha value is -1.09. The van der Waals surface area contributed by atoms with Crippen molar-refractivity contribution in [1.29, 1.82) is 0 Å². The number of anilines is 1. The number of nitrogens with two attached hydrogens (primary N) is 1. The van der Waals surface area contributed by atoms with E-state index in [2.05, 4.69) is 25.8 Å². The van der Waals surface area contributed by atoms with Crippen LogP contribution < -0.4 is 5.73 Å². The fourth-order valence-electron chi connectivity index (χ4n) is 4.50. The molecule has 2 fully saturated rings. The zero-order valence-electron chi connectivity index (χ0n) is 14.0. The van der Waals surface area contributed by atoms with Gasteiger partial charge >= 0.3 is 0 Å². The normalized spacial score (nSPS) is 33.6. The van der Waals surface area contributed by atoms with Crippen molar-refractivity contribution >= 4 is 5.69 Å². The van der Waals surface area contributed by atoms with E-state index < -0.39 is 0 Å². The number of nitrogen functional groups attached to an aromatic ring is 1. The second kappa shape index (κ2) is 4.70. The van der Waals surface area contributed by atoms with Crippen molar-refractivity contribution in [2.24, 2.45) is 16.7 Å². The van der Waals surface area contributed by atoms with Crippen LogP contribution in [-0.4, -0.2) is 11.1 Å². The van der Waals surface area contributed by atoms with Gasteiger partial charge in [0.25, 0.3) is 0 Å². The lowest BCUT2D eigenvalue weighted by Gasteiger charge is -2.38. The Balaban J connectivity index is 1.74. The summed E-state index contributed by atoms with van der Waals surface area (Å²) in [6.07, 6.45) is 6.06. The molecule has 3 heteroatoms. The molecule has 1 aromatic rings. The Kier molecular flexibility index (Phi) is 3.32. The number of hydrogen-bond donors (Lipinski definition) is 1. The monoisotopic (exact) mass is 288 g/mol. The van der Waals surface area contributed by atoms with Gasteiger partial charge in [-0.1, -0.05) is 20.8 Å². The first-order chi connectivity index (χ1) is 9.77. The summed E-state index contributed by atoms with van der Waals surface area (Å²) in [5.41, 5.74) is 10.8. The molecule has 1 aromatic heterocycles. The number of hydrogen-bond acceptors (Lipinski definition) is 3. The van der Waals surface area contributed by atoms with Crippen LogP contribution in [0, 0.1) is 30.6 Å². The van der Waals surface area contributed by atoms with Gasteiger partial charge in [0.05, 0.1) is 18.4 Å². The SMILES string of the molecule is Cc1cnc(COC2CC3CCC2(C)C3(C)C)c(C)c1N. The molecular formula is C18H28N2O. The summed E-state index contributed by atoms with van der Waals surface area (Å²) in [6.45, 7) is 11.9. The standard InChI is InChI=1S/C18H28N2O/c1-11-9-20-14(12(2)16(11)19)10-21-15-8-13-6-7-18(15,5)17(13,3)4/h9,13,15H,6-8,10H2,1-5H3,(H2,19,20). The zero-order chi connectivity index (χ0) is 15.4. The van der Waals surface area contributed by atoms with E-state index in [0.29, 0.717) is 23.5 Å².